The van der Waals surface area contributed by atoms with Crippen LogP contribution < -0.4 is 10.5 Å². The van der Waals surface area contributed by atoms with Gasteiger partial charge >= 0.3 is 0 Å². The van der Waals surface area contributed by atoms with Gasteiger partial charge in [0.2, 0.25) is 0 Å². The summed E-state index contributed by atoms with van der Waals surface area (Å²) < 4.78 is 29.6. The van der Waals surface area contributed by atoms with Crippen molar-refractivity contribution >= 4 is 31.8 Å². The largest absolute Gasteiger partial charge is 0.381 e. The van der Waals surface area contributed by atoms with E-state index in [1.165, 1.54) is 10.9 Å². The van der Waals surface area contributed by atoms with Crippen LogP contribution in [0.2, 0.25) is 0 Å². The molecule has 8 heteroatoms. The number of halogens is 1. The van der Waals surface area contributed by atoms with Gasteiger partial charge in [0.05, 0.1) is 6.33 Å². The molecule has 1 heterocycles. The van der Waals surface area contributed by atoms with E-state index in [9.17, 15) is 8.42 Å². The van der Waals surface area contributed by atoms with Crippen LogP contribution in [0.5, 0.6) is 0 Å². The Morgan fingerprint density at radius 2 is 1.95 bits per heavy atom. The van der Waals surface area contributed by atoms with Crippen molar-refractivity contribution in [3.05, 3.63) is 40.6 Å². The van der Waals surface area contributed by atoms with E-state index in [4.69, 9.17) is 5.73 Å². The molecule has 1 atom stereocenters. The molecule has 3 N–H and O–H groups in total. The normalized spacial score (nSPS) is 13.3. The summed E-state index contributed by atoms with van der Waals surface area (Å²) in [5, 5.41) is -0.0264. The minimum atomic E-state index is -3.72. The highest BCUT2D eigenvalue weighted by molar-refractivity contribution is 9.10. The standard InChI is InChI=1S/C12H15BrN4O2S/c1-8(9-3-5-10(13)6-4-9)16-20(18,19)12-11(14)15-7-17(12)2/h3-8,16H,14H2,1-2H3/t8-/m0/s1. The van der Waals surface area contributed by atoms with Gasteiger partial charge in [-0.1, -0.05) is 28.1 Å². The average Bonchev–Trinajstić information content (AvgIpc) is 2.69. The molecule has 1 aromatic heterocycles. The Morgan fingerprint density at radius 1 is 1.35 bits per heavy atom. The molecule has 2 aromatic rings. The number of nitrogens with zero attached hydrogens (tertiary/aromatic N) is 2. The second-order valence-corrected chi connectivity index (χ2v) is 6.99. The van der Waals surface area contributed by atoms with E-state index in [1.807, 2.05) is 24.3 Å². The number of rotatable bonds is 4. The van der Waals surface area contributed by atoms with Gasteiger partial charge in [-0.25, -0.2) is 18.1 Å². The van der Waals surface area contributed by atoms with Crippen LogP contribution >= 0.6 is 15.9 Å². The summed E-state index contributed by atoms with van der Waals surface area (Å²) in [5.41, 5.74) is 6.46. The van der Waals surface area contributed by atoms with Gasteiger partial charge in [-0.15, -0.1) is 0 Å². The fourth-order valence-electron chi connectivity index (χ4n) is 1.87. The number of aryl methyl sites for hydroxylation is 1. The van der Waals surface area contributed by atoms with Gasteiger partial charge in [0, 0.05) is 17.6 Å². The number of nitrogens with two attached hydrogens (primary N) is 1. The van der Waals surface area contributed by atoms with Crippen LogP contribution in [-0.4, -0.2) is 18.0 Å². The molecule has 0 aliphatic carbocycles. The maximum Gasteiger partial charge on any atom is 0.260 e. The van der Waals surface area contributed by atoms with Crippen LogP contribution in [-0.2, 0) is 17.1 Å². The molecule has 0 radical (unpaired) electrons. The average molecular weight is 359 g/mol. The molecule has 0 unspecified atom stereocenters. The smallest absolute Gasteiger partial charge is 0.260 e. The lowest BCUT2D eigenvalue weighted by atomic mass is 10.1. The molecule has 0 bridgehead atoms. The zero-order chi connectivity index (χ0) is 14.9. The molecule has 2 rings (SSSR count). The first-order valence-electron chi connectivity index (χ1n) is 5.86. The lowest BCUT2D eigenvalue weighted by Crippen LogP contribution is -2.29. The molecule has 20 heavy (non-hydrogen) atoms. The van der Waals surface area contributed by atoms with E-state index in [-0.39, 0.29) is 16.9 Å². The lowest BCUT2D eigenvalue weighted by molar-refractivity contribution is 0.558. The summed E-state index contributed by atoms with van der Waals surface area (Å²) in [5.74, 6) is -0.0111. The molecule has 0 amide bonds. The van der Waals surface area contributed by atoms with E-state index in [0.717, 1.165) is 10.0 Å². The minimum Gasteiger partial charge on any atom is -0.381 e. The fourth-order valence-corrected chi connectivity index (χ4v) is 3.60. The summed E-state index contributed by atoms with van der Waals surface area (Å²) >= 11 is 3.34. The SMILES string of the molecule is C[C@H](NS(=O)(=O)c1c(N)ncn1C)c1ccc(Br)cc1. The van der Waals surface area contributed by atoms with Crippen LogP contribution in [0.15, 0.2) is 40.1 Å². The summed E-state index contributed by atoms with van der Waals surface area (Å²) in [6, 6.07) is 7.05. The number of benzene rings is 1. The van der Waals surface area contributed by atoms with Crippen LogP contribution in [0, 0.1) is 0 Å². The Hall–Kier alpha value is -1.38. The highest BCUT2D eigenvalue weighted by Gasteiger charge is 2.24. The Bertz CT molecular complexity index is 690. The van der Waals surface area contributed by atoms with Crippen molar-refractivity contribution in [3.8, 4) is 0 Å². The molecule has 0 saturated heterocycles. The van der Waals surface area contributed by atoms with Gasteiger partial charge in [0.25, 0.3) is 10.0 Å². The number of aromatic nitrogens is 2. The number of nitrogen functional groups attached to an aromatic ring is 1. The van der Waals surface area contributed by atoms with Crippen molar-refractivity contribution < 1.29 is 8.42 Å². The quantitative estimate of drug-likeness (QED) is 0.871. The Balaban J connectivity index is 2.27. The molecule has 0 saturated carbocycles. The number of nitrogens with one attached hydrogen (secondary N) is 1. The number of anilines is 1. The van der Waals surface area contributed by atoms with Gasteiger partial charge in [0.15, 0.2) is 10.8 Å². The summed E-state index contributed by atoms with van der Waals surface area (Å²) in [7, 11) is -2.14. The predicted molar refractivity (Wildman–Crippen MR) is 80.5 cm³/mol. The third-order valence-corrected chi connectivity index (χ3v) is 5.06. The predicted octanol–water partition coefficient (Wildman–Crippen LogP) is 1.80. The van der Waals surface area contributed by atoms with E-state index < -0.39 is 10.0 Å². The molecule has 0 aliphatic heterocycles. The molecule has 1 aromatic carbocycles. The number of hydrogen-bond donors (Lipinski definition) is 2. The third kappa shape index (κ3) is 3.02. The van der Waals surface area contributed by atoms with Gasteiger partial charge in [-0.05, 0) is 24.6 Å². The third-order valence-electron chi connectivity index (χ3n) is 2.87. The summed E-state index contributed by atoms with van der Waals surface area (Å²) in [6.45, 7) is 1.77. The summed E-state index contributed by atoms with van der Waals surface area (Å²) in [4.78, 5) is 3.79. The molecular weight excluding hydrogens is 344 g/mol. The van der Waals surface area contributed by atoms with Gasteiger partial charge in [-0.2, -0.15) is 0 Å². The first kappa shape index (κ1) is 15.0. The second kappa shape index (κ2) is 5.55. The molecular formula is C12H15BrN4O2S. The van der Waals surface area contributed by atoms with E-state index in [1.54, 1.807) is 14.0 Å². The van der Waals surface area contributed by atoms with Crippen LogP contribution in [0.25, 0.3) is 0 Å². The van der Waals surface area contributed by atoms with Gasteiger partial charge < -0.3 is 10.3 Å². The molecule has 0 fully saturated rings. The van der Waals surface area contributed by atoms with Gasteiger partial charge in [0.1, 0.15) is 0 Å². The second-order valence-electron chi connectivity index (χ2n) is 4.44. The van der Waals surface area contributed by atoms with Crippen LogP contribution in [0.4, 0.5) is 5.82 Å². The number of imidazole rings is 1. The van der Waals surface area contributed by atoms with Crippen molar-refractivity contribution in [2.75, 3.05) is 5.73 Å². The monoisotopic (exact) mass is 358 g/mol. The van der Waals surface area contributed by atoms with Crippen molar-refractivity contribution in [2.24, 2.45) is 7.05 Å². The highest BCUT2D eigenvalue weighted by Crippen LogP contribution is 2.21. The van der Waals surface area contributed by atoms with Crippen molar-refractivity contribution in [3.63, 3.8) is 0 Å². The number of sulfonamides is 1. The summed E-state index contributed by atoms with van der Waals surface area (Å²) in [6.07, 6.45) is 1.37. The molecule has 0 aliphatic rings. The minimum absolute atomic E-state index is 0.0111. The molecule has 108 valence electrons. The van der Waals surface area contributed by atoms with E-state index in [2.05, 4.69) is 25.6 Å². The number of hydrogen-bond acceptors (Lipinski definition) is 4. The van der Waals surface area contributed by atoms with E-state index in [0.29, 0.717) is 0 Å². The van der Waals surface area contributed by atoms with Crippen molar-refractivity contribution in [2.45, 2.75) is 18.0 Å². The zero-order valence-electron chi connectivity index (χ0n) is 11.0. The van der Waals surface area contributed by atoms with Crippen LogP contribution in [0.1, 0.15) is 18.5 Å². The van der Waals surface area contributed by atoms with Crippen LogP contribution in [0.3, 0.4) is 0 Å². The van der Waals surface area contributed by atoms with Gasteiger partial charge in [-0.3, -0.25) is 0 Å². The maximum absolute atomic E-state index is 12.3. The Labute approximate surface area is 126 Å². The zero-order valence-corrected chi connectivity index (χ0v) is 13.4. The Morgan fingerprint density at radius 3 is 2.45 bits per heavy atom. The first-order valence-corrected chi connectivity index (χ1v) is 8.13. The molecule has 6 nitrogen and oxygen atoms in total. The lowest BCUT2D eigenvalue weighted by Gasteiger charge is -2.15. The van der Waals surface area contributed by atoms with Crippen molar-refractivity contribution in [1.29, 1.82) is 0 Å². The highest BCUT2D eigenvalue weighted by atomic mass is 79.9. The van der Waals surface area contributed by atoms with E-state index >= 15 is 0 Å². The fraction of sp³-hybridized carbons (Fsp3) is 0.250. The van der Waals surface area contributed by atoms with Crippen molar-refractivity contribution in [1.82, 2.24) is 14.3 Å². The molecule has 0 spiro atoms. The maximum atomic E-state index is 12.3. The first-order chi connectivity index (χ1) is 9.31. The topological polar surface area (TPSA) is 90.0 Å². The Kier molecular flexibility index (Phi) is 4.17.